The molecule has 1 amide bonds. The Hall–Kier alpha value is -2.25. The fourth-order valence-corrected chi connectivity index (χ4v) is 3.08. The van der Waals surface area contributed by atoms with E-state index < -0.39 is 11.7 Å². The zero-order chi connectivity index (χ0) is 20.1. The molecule has 1 aliphatic heterocycles. The number of rotatable bonds is 5. The summed E-state index contributed by atoms with van der Waals surface area (Å²) in [5.41, 5.74) is 0.702. The van der Waals surface area contributed by atoms with Gasteiger partial charge in [0.15, 0.2) is 0 Å². The highest BCUT2D eigenvalue weighted by atomic mass is 35.5. The predicted molar refractivity (Wildman–Crippen MR) is 107 cm³/mol. The van der Waals surface area contributed by atoms with Crippen molar-refractivity contribution >= 4 is 18.3 Å². The molecule has 0 spiro atoms. The minimum Gasteiger partial charge on any atom is -0.489 e. The SMILES string of the molecule is CN1CCC(NC(=O)c2ccc(COc3ccc(C(F)(F)F)cc3)cc2)CC1.Cl. The van der Waals surface area contributed by atoms with Gasteiger partial charge in [-0.15, -0.1) is 12.4 Å². The molecule has 158 valence electrons. The van der Waals surface area contributed by atoms with Gasteiger partial charge < -0.3 is 15.0 Å². The third-order valence-electron chi connectivity index (χ3n) is 4.86. The van der Waals surface area contributed by atoms with E-state index in [0.717, 1.165) is 43.6 Å². The minimum atomic E-state index is -4.36. The van der Waals surface area contributed by atoms with Crippen LogP contribution in [0.15, 0.2) is 48.5 Å². The normalized spacial score (nSPS) is 15.4. The van der Waals surface area contributed by atoms with Gasteiger partial charge in [-0.25, -0.2) is 0 Å². The van der Waals surface area contributed by atoms with Crippen molar-refractivity contribution in [2.75, 3.05) is 20.1 Å². The first-order valence-electron chi connectivity index (χ1n) is 9.19. The Morgan fingerprint density at radius 3 is 2.21 bits per heavy atom. The molecule has 4 nitrogen and oxygen atoms in total. The zero-order valence-corrected chi connectivity index (χ0v) is 16.9. The molecule has 0 radical (unpaired) electrons. The predicted octanol–water partition coefficient (Wildman–Crippen LogP) is 4.53. The molecule has 3 rings (SSSR count). The maximum Gasteiger partial charge on any atom is 0.416 e. The van der Waals surface area contributed by atoms with Gasteiger partial charge in [-0.3, -0.25) is 4.79 Å². The van der Waals surface area contributed by atoms with Crippen molar-refractivity contribution in [3.63, 3.8) is 0 Å². The summed E-state index contributed by atoms with van der Waals surface area (Å²) < 4.78 is 43.2. The lowest BCUT2D eigenvalue weighted by Crippen LogP contribution is -2.43. The van der Waals surface area contributed by atoms with Crippen molar-refractivity contribution in [2.24, 2.45) is 0 Å². The van der Waals surface area contributed by atoms with Crippen LogP contribution in [0.25, 0.3) is 0 Å². The molecule has 2 aromatic rings. The maximum absolute atomic E-state index is 12.6. The van der Waals surface area contributed by atoms with Crippen molar-refractivity contribution in [3.8, 4) is 5.75 Å². The Morgan fingerprint density at radius 1 is 1.07 bits per heavy atom. The summed E-state index contributed by atoms with van der Waals surface area (Å²) in [7, 11) is 2.07. The number of halogens is 4. The molecular formula is C21H24ClF3N2O2. The second-order valence-corrected chi connectivity index (χ2v) is 7.06. The quantitative estimate of drug-likeness (QED) is 0.760. The molecule has 0 unspecified atom stereocenters. The number of hydrogen-bond acceptors (Lipinski definition) is 3. The number of likely N-dealkylation sites (tertiary alicyclic amines) is 1. The van der Waals surface area contributed by atoms with Gasteiger partial charge in [-0.05, 0) is 74.9 Å². The summed E-state index contributed by atoms with van der Waals surface area (Å²) >= 11 is 0. The molecular weight excluding hydrogens is 405 g/mol. The van der Waals surface area contributed by atoms with Crippen LogP contribution in [0.2, 0.25) is 0 Å². The number of benzene rings is 2. The lowest BCUT2D eigenvalue weighted by Gasteiger charge is -2.29. The average molecular weight is 429 g/mol. The highest BCUT2D eigenvalue weighted by molar-refractivity contribution is 5.94. The smallest absolute Gasteiger partial charge is 0.416 e. The lowest BCUT2D eigenvalue weighted by molar-refractivity contribution is -0.137. The van der Waals surface area contributed by atoms with Crippen LogP contribution in [0.3, 0.4) is 0 Å². The summed E-state index contributed by atoms with van der Waals surface area (Å²) in [4.78, 5) is 14.6. The third kappa shape index (κ3) is 6.65. The van der Waals surface area contributed by atoms with E-state index in [1.54, 1.807) is 24.3 Å². The summed E-state index contributed by atoms with van der Waals surface area (Å²) in [6.45, 7) is 2.17. The summed E-state index contributed by atoms with van der Waals surface area (Å²) in [5.74, 6) is 0.266. The van der Waals surface area contributed by atoms with Crippen molar-refractivity contribution < 1.29 is 22.7 Å². The van der Waals surface area contributed by atoms with Crippen molar-refractivity contribution in [3.05, 3.63) is 65.2 Å². The Kier molecular flexibility index (Phi) is 7.93. The number of piperidine rings is 1. The van der Waals surface area contributed by atoms with Gasteiger partial charge in [-0.2, -0.15) is 13.2 Å². The van der Waals surface area contributed by atoms with Gasteiger partial charge in [0.2, 0.25) is 0 Å². The molecule has 0 aromatic heterocycles. The van der Waals surface area contributed by atoms with E-state index in [1.807, 2.05) is 0 Å². The van der Waals surface area contributed by atoms with E-state index in [9.17, 15) is 18.0 Å². The highest BCUT2D eigenvalue weighted by Crippen LogP contribution is 2.30. The third-order valence-corrected chi connectivity index (χ3v) is 4.86. The van der Waals surface area contributed by atoms with Gasteiger partial charge >= 0.3 is 6.18 Å². The van der Waals surface area contributed by atoms with Crippen molar-refractivity contribution in [1.29, 1.82) is 0 Å². The molecule has 1 aliphatic rings. The topological polar surface area (TPSA) is 41.6 Å². The summed E-state index contributed by atoms with van der Waals surface area (Å²) in [5, 5.41) is 3.06. The number of nitrogens with one attached hydrogen (secondary N) is 1. The number of alkyl halides is 3. The molecule has 0 bridgehead atoms. The van der Waals surface area contributed by atoms with Gasteiger partial charge in [0.05, 0.1) is 5.56 Å². The molecule has 1 saturated heterocycles. The number of nitrogens with zero attached hydrogens (tertiary/aromatic N) is 1. The van der Waals surface area contributed by atoms with Crippen LogP contribution in [0.4, 0.5) is 13.2 Å². The standard InChI is InChI=1S/C21H23F3N2O2.ClH/c1-26-12-10-18(11-13-26)25-20(27)16-4-2-15(3-5-16)14-28-19-8-6-17(7-9-19)21(22,23)24;/h2-9,18H,10-14H2,1H3,(H,25,27);1H. The number of carbonyl (C=O) groups is 1. The largest absolute Gasteiger partial charge is 0.489 e. The molecule has 8 heteroatoms. The van der Waals surface area contributed by atoms with E-state index in [-0.39, 0.29) is 31.0 Å². The van der Waals surface area contributed by atoms with Gasteiger partial charge in [0, 0.05) is 11.6 Å². The molecule has 2 aromatic carbocycles. The van der Waals surface area contributed by atoms with E-state index in [4.69, 9.17) is 4.74 Å². The molecule has 0 aliphatic carbocycles. The maximum atomic E-state index is 12.6. The fraction of sp³-hybridized carbons (Fsp3) is 0.381. The van der Waals surface area contributed by atoms with Crippen LogP contribution >= 0.6 is 12.4 Å². The minimum absolute atomic E-state index is 0. The number of ether oxygens (including phenoxy) is 1. The molecule has 1 fully saturated rings. The van der Waals surface area contributed by atoms with Crippen LogP contribution < -0.4 is 10.1 Å². The first-order chi connectivity index (χ1) is 13.3. The van der Waals surface area contributed by atoms with E-state index in [1.165, 1.54) is 12.1 Å². The van der Waals surface area contributed by atoms with Crippen LogP contribution in [0.5, 0.6) is 5.75 Å². The first kappa shape index (κ1) is 23.0. The Labute approximate surface area is 174 Å². The molecule has 1 N–H and O–H groups in total. The van der Waals surface area contributed by atoms with Crippen molar-refractivity contribution in [1.82, 2.24) is 10.2 Å². The van der Waals surface area contributed by atoms with Crippen molar-refractivity contribution in [2.45, 2.75) is 31.7 Å². The second-order valence-electron chi connectivity index (χ2n) is 7.06. The number of carbonyl (C=O) groups excluding carboxylic acids is 1. The van der Waals surface area contributed by atoms with E-state index in [0.29, 0.717) is 11.3 Å². The Bertz CT molecular complexity index is 787. The van der Waals surface area contributed by atoms with Gasteiger partial charge in [0.1, 0.15) is 12.4 Å². The van der Waals surface area contributed by atoms with Gasteiger partial charge in [-0.1, -0.05) is 12.1 Å². The monoisotopic (exact) mass is 428 g/mol. The fourth-order valence-electron chi connectivity index (χ4n) is 3.08. The number of amides is 1. The van der Waals surface area contributed by atoms with Crippen LogP contribution in [0, 0.1) is 0 Å². The average Bonchev–Trinajstić information content (AvgIpc) is 2.68. The van der Waals surface area contributed by atoms with Crippen LogP contribution in [0.1, 0.15) is 34.3 Å². The summed E-state index contributed by atoms with van der Waals surface area (Å²) in [6, 6.07) is 11.8. The van der Waals surface area contributed by atoms with Crippen LogP contribution in [-0.2, 0) is 12.8 Å². The van der Waals surface area contributed by atoms with Gasteiger partial charge in [0.25, 0.3) is 5.91 Å². The zero-order valence-electron chi connectivity index (χ0n) is 16.0. The lowest BCUT2D eigenvalue weighted by atomic mass is 10.0. The van der Waals surface area contributed by atoms with E-state index in [2.05, 4.69) is 17.3 Å². The second kappa shape index (κ2) is 9.98. The van der Waals surface area contributed by atoms with E-state index >= 15 is 0 Å². The molecule has 0 atom stereocenters. The van der Waals surface area contributed by atoms with Crippen LogP contribution in [-0.4, -0.2) is 37.0 Å². The number of hydrogen-bond donors (Lipinski definition) is 1. The Morgan fingerprint density at radius 2 is 1.66 bits per heavy atom. The first-order valence-corrected chi connectivity index (χ1v) is 9.19. The molecule has 0 saturated carbocycles. The summed E-state index contributed by atoms with van der Waals surface area (Å²) in [6.07, 6.45) is -2.47. The molecule has 1 heterocycles. The molecule has 29 heavy (non-hydrogen) atoms. The highest BCUT2D eigenvalue weighted by Gasteiger charge is 2.30. The Balaban J connectivity index is 0.00000300.